The molecule has 0 saturated heterocycles. The van der Waals surface area contributed by atoms with E-state index in [9.17, 15) is 4.79 Å². The summed E-state index contributed by atoms with van der Waals surface area (Å²) in [6.45, 7) is 5.95. The van der Waals surface area contributed by atoms with Crippen LogP contribution in [0, 0.1) is 0 Å². The number of anilines is 2. The zero-order valence-electron chi connectivity index (χ0n) is 12.2. The van der Waals surface area contributed by atoms with Gasteiger partial charge in [-0.25, -0.2) is 4.68 Å². The summed E-state index contributed by atoms with van der Waals surface area (Å²) in [5, 5.41) is 11.2. The average molecular weight is 276 g/mol. The van der Waals surface area contributed by atoms with Crippen LogP contribution in [-0.4, -0.2) is 25.5 Å². The summed E-state index contributed by atoms with van der Waals surface area (Å²) in [6.07, 6.45) is 2.34. The molecule has 7 nitrogen and oxygen atoms in total. The largest absolute Gasteiger partial charge is 0.395 e. The number of aryl methyl sites for hydroxylation is 2. The second-order valence-corrected chi connectivity index (χ2v) is 4.90. The minimum absolute atomic E-state index is 0.162. The monoisotopic (exact) mass is 276 g/mol. The summed E-state index contributed by atoms with van der Waals surface area (Å²) in [7, 11) is 1.71. The van der Waals surface area contributed by atoms with Crippen molar-refractivity contribution in [3.8, 4) is 0 Å². The molecule has 2 aromatic rings. The van der Waals surface area contributed by atoms with E-state index in [2.05, 4.69) is 15.5 Å². The van der Waals surface area contributed by atoms with E-state index in [1.807, 2.05) is 20.8 Å². The first-order valence-corrected chi connectivity index (χ1v) is 6.61. The molecule has 2 heterocycles. The second-order valence-electron chi connectivity index (χ2n) is 4.90. The first-order valence-electron chi connectivity index (χ1n) is 6.61. The standard InChI is InChI=1S/C13H20N6O/c1-5-9-11(14)12(18(4)17-9)13(20)16-10-6-7-15-19(10)8(2)3/h6-8H,5,14H2,1-4H3,(H,16,20). The third kappa shape index (κ3) is 2.38. The van der Waals surface area contributed by atoms with Crippen LogP contribution in [0.1, 0.15) is 43.0 Å². The quantitative estimate of drug-likeness (QED) is 0.887. The van der Waals surface area contributed by atoms with Crippen LogP contribution in [0.5, 0.6) is 0 Å². The SMILES string of the molecule is CCc1nn(C)c(C(=O)Nc2ccnn2C(C)C)c1N. The minimum Gasteiger partial charge on any atom is -0.395 e. The maximum atomic E-state index is 12.4. The van der Waals surface area contributed by atoms with Crippen molar-refractivity contribution in [2.24, 2.45) is 7.05 Å². The molecule has 0 aromatic carbocycles. The Hall–Kier alpha value is -2.31. The Bertz CT molecular complexity index is 625. The average Bonchev–Trinajstić information content (AvgIpc) is 2.94. The van der Waals surface area contributed by atoms with E-state index in [1.54, 1.807) is 24.0 Å². The summed E-state index contributed by atoms with van der Waals surface area (Å²) in [5.74, 6) is 0.364. The van der Waals surface area contributed by atoms with E-state index < -0.39 is 0 Å². The molecule has 0 radical (unpaired) electrons. The Labute approximate surface area is 117 Å². The van der Waals surface area contributed by atoms with Crippen LogP contribution in [0.4, 0.5) is 11.5 Å². The topological polar surface area (TPSA) is 90.8 Å². The van der Waals surface area contributed by atoms with Crippen molar-refractivity contribution in [1.82, 2.24) is 19.6 Å². The molecule has 0 spiro atoms. The Morgan fingerprint density at radius 1 is 1.50 bits per heavy atom. The summed E-state index contributed by atoms with van der Waals surface area (Å²) in [6, 6.07) is 1.92. The molecular formula is C13H20N6O. The number of hydrogen-bond donors (Lipinski definition) is 2. The number of carbonyl (C=O) groups excluding carboxylic acids is 1. The molecule has 2 aromatic heterocycles. The number of nitrogen functional groups attached to an aromatic ring is 1. The van der Waals surface area contributed by atoms with Gasteiger partial charge in [-0.1, -0.05) is 6.92 Å². The maximum absolute atomic E-state index is 12.4. The van der Waals surface area contributed by atoms with E-state index in [-0.39, 0.29) is 11.9 Å². The van der Waals surface area contributed by atoms with Gasteiger partial charge < -0.3 is 11.1 Å². The highest BCUT2D eigenvalue weighted by Crippen LogP contribution is 2.19. The number of nitrogens with zero attached hydrogens (tertiary/aromatic N) is 4. The van der Waals surface area contributed by atoms with Gasteiger partial charge in [-0.05, 0) is 20.3 Å². The molecule has 0 bridgehead atoms. The Balaban J connectivity index is 2.29. The highest BCUT2D eigenvalue weighted by Gasteiger charge is 2.20. The Morgan fingerprint density at radius 2 is 2.20 bits per heavy atom. The molecule has 0 saturated carbocycles. The van der Waals surface area contributed by atoms with Crippen molar-refractivity contribution in [3.05, 3.63) is 23.7 Å². The predicted octanol–water partition coefficient (Wildman–Crippen LogP) is 1.59. The molecule has 0 atom stereocenters. The van der Waals surface area contributed by atoms with Crippen molar-refractivity contribution in [2.45, 2.75) is 33.2 Å². The van der Waals surface area contributed by atoms with Gasteiger partial charge in [-0.15, -0.1) is 0 Å². The van der Waals surface area contributed by atoms with Crippen molar-refractivity contribution in [1.29, 1.82) is 0 Å². The van der Waals surface area contributed by atoms with Crippen LogP contribution in [0.2, 0.25) is 0 Å². The van der Waals surface area contributed by atoms with Gasteiger partial charge in [0.25, 0.3) is 5.91 Å². The molecule has 3 N–H and O–H groups in total. The summed E-state index contributed by atoms with van der Waals surface area (Å²) >= 11 is 0. The van der Waals surface area contributed by atoms with Crippen LogP contribution >= 0.6 is 0 Å². The third-order valence-electron chi connectivity index (χ3n) is 3.11. The summed E-state index contributed by atoms with van der Waals surface area (Å²) in [4.78, 5) is 12.4. The van der Waals surface area contributed by atoms with Gasteiger partial charge in [0.1, 0.15) is 11.5 Å². The van der Waals surface area contributed by atoms with Gasteiger partial charge in [0.15, 0.2) is 0 Å². The number of aromatic nitrogens is 4. The fourth-order valence-corrected chi connectivity index (χ4v) is 2.13. The number of amides is 1. The molecular weight excluding hydrogens is 256 g/mol. The molecule has 0 aliphatic heterocycles. The Morgan fingerprint density at radius 3 is 2.75 bits per heavy atom. The summed E-state index contributed by atoms with van der Waals surface area (Å²) < 4.78 is 3.25. The van der Waals surface area contributed by atoms with Crippen molar-refractivity contribution >= 4 is 17.4 Å². The van der Waals surface area contributed by atoms with E-state index in [0.717, 1.165) is 5.69 Å². The van der Waals surface area contributed by atoms with Gasteiger partial charge in [0.2, 0.25) is 0 Å². The van der Waals surface area contributed by atoms with E-state index in [0.29, 0.717) is 23.6 Å². The van der Waals surface area contributed by atoms with Gasteiger partial charge in [0.05, 0.1) is 17.6 Å². The van der Waals surface area contributed by atoms with Gasteiger partial charge in [-0.3, -0.25) is 9.48 Å². The van der Waals surface area contributed by atoms with Gasteiger partial charge in [0, 0.05) is 19.2 Å². The van der Waals surface area contributed by atoms with Crippen molar-refractivity contribution in [2.75, 3.05) is 11.1 Å². The molecule has 0 aliphatic carbocycles. The summed E-state index contributed by atoms with van der Waals surface area (Å²) in [5.41, 5.74) is 7.51. The Kier molecular flexibility index (Phi) is 3.78. The van der Waals surface area contributed by atoms with Crippen LogP contribution in [0.3, 0.4) is 0 Å². The number of hydrogen-bond acceptors (Lipinski definition) is 4. The number of nitrogens with one attached hydrogen (secondary N) is 1. The zero-order chi connectivity index (χ0) is 14.9. The van der Waals surface area contributed by atoms with Crippen LogP contribution < -0.4 is 11.1 Å². The van der Waals surface area contributed by atoms with Crippen molar-refractivity contribution < 1.29 is 4.79 Å². The van der Waals surface area contributed by atoms with Gasteiger partial charge >= 0.3 is 0 Å². The first-order chi connectivity index (χ1) is 9.45. The number of carbonyl (C=O) groups is 1. The van der Waals surface area contributed by atoms with Crippen LogP contribution in [0.25, 0.3) is 0 Å². The first kappa shape index (κ1) is 14.1. The molecule has 108 valence electrons. The minimum atomic E-state index is -0.278. The van der Waals surface area contributed by atoms with E-state index in [4.69, 9.17) is 5.73 Å². The lowest BCUT2D eigenvalue weighted by Crippen LogP contribution is -2.20. The predicted molar refractivity (Wildman–Crippen MR) is 77.6 cm³/mol. The van der Waals surface area contributed by atoms with Crippen LogP contribution in [0.15, 0.2) is 12.3 Å². The molecule has 7 heteroatoms. The highest BCUT2D eigenvalue weighted by atomic mass is 16.2. The fourth-order valence-electron chi connectivity index (χ4n) is 2.13. The molecule has 0 unspecified atom stereocenters. The molecule has 2 rings (SSSR count). The smallest absolute Gasteiger partial charge is 0.277 e. The number of rotatable bonds is 4. The fraction of sp³-hybridized carbons (Fsp3) is 0.462. The number of nitrogens with two attached hydrogens (primary N) is 1. The molecule has 20 heavy (non-hydrogen) atoms. The van der Waals surface area contributed by atoms with Crippen LogP contribution in [-0.2, 0) is 13.5 Å². The zero-order valence-corrected chi connectivity index (χ0v) is 12.2. The maximum Gasteiger partial charge on any atom is 0.277 e. The van der Waals surface area contributed by atoms with E-state index in [1.165, 1.54) is 4.68 Å². The van der Waals surface area contributed by atoms with E-state index >= 15 is 0 Å². The molecule has 1 amide bonds. The van der Waals surface area contributed by atoms with Crippen molar-refractivity contribution in [3.63, 3.8) is 0 Å². The highest BCUT2D eigenvalue weighted by molar-refractivity contribution is 6.06. The molecule has 0 fully saturated rings. The molecule has 0 aliphatic rings. The lowest BCUT2D eigenvalue weighted by molar-refractivity contribution is 0.101. The third-order valence-corrected chi connectivity index (χ3v) is 3.11. The van der Waals surface area contributed by atoms with Gasteiger partial charge in [-0.2, -0.15) is 10.2 Å². The lowest BCUT2D eigenvalue weighted by atomic mass is 10.2. The second kappa shape index (κ2) is 5.36. The normalized spacial score (nSPS) is 11.1. The lowest BCUT2D eigenvalue weighted by Gasteiger charge is -2.12.